The number of fused-ring (bicyclic) bond motifs is 1. The van der Waals surface area contributed by atoms with Crippen LogP contribution in [-0.4, -0.2) is 23.2 Å². The molecule has 2 heterocycles. The van der Waals surface area contributed by atoms with Gasteiger partial charge in [0, 0.05) is 5.56 Å². The molecule has 0 unspecified atom stereocenters. The van der Waals surface area contributed by atoms with Crippen molar-refractivity contribution in [1.82, 2.24) is 4.57 Å². The first-order chi connectivity index (χ1) is 20.6. The van der Waals surface area contributed by atoms with E-state index in [0.717, 1.165) is 29.6 Å². The first-order valence-corrected chi connectivity index (χ1v) is 17.1. The third kappa shape index (κ3) is 6.68. The Balaban J connectivity index is 1.77. The highest BCUT2D eigenvalue weighted by Crippen LogP contribution is 2.36. The molecule has 0 bridgehead atoms. The molecule has 0 amide bonds. The summed E-state index contributed by atoms with van der Waals surface area (Å²) in [6.45, 7) is 10.3. The molecule has 0 fully saturated rings. The van der Waals surface area contributed by atoms with Crippen molar-refractivity contribution in [3.8, 4) is 5.75 Å². The van der Waals surface area contributed by atoms with Gasteiger partial charge in [0.25, 0.3) is 5.56 Å². The van der Waals surface area contributed by atoms with E-state index >= 15 is 0 Å². The Morgan fingerprint density at radius 1 is 1.02 bits per heavy atom. The Morgan fingerprint density at radius 3 is 2.26 bits per heavy atom. The molecule has 1 aromatic heterocycles. The van der Waals surface area contributed by atoms with Crippen molar-refractivity contribution >= 4 is 74.3 Å². The first kappa shape index (κ1) is 31.6. The van der Waals surface area contributed by atoms with Gasteiger partial charge in [-0.3, -0.25) is 9.36 Å². The van der Waals surface area contributed by atoms with Crippen LogP contribution in [0.4, 0.5) is 0 Å². The quantitative estimate of drug-likeness (QED) is 0.141. The van der Waals surface area contributed by atoms with E-state index < -0.39 is 12.0 Å². The van der Waals surface area contributed by atoms with Gasteiger partial charge in [0.1, 0.15) is 5.75 Å². The molecule has 0 radical (unpaired) electrons. The monoisotopic (exact) mass is 818 g/mol. The van der Waals surface area contributed by atoms with E-state index in [1.54, 1.807) is 11.5 Å². The molecule has 0 saturated heterocycles. The smallest absolute Gasteiger partial charge is 0.338 e. The molecule has 5 rings (SSSR count). The average Bonchev–Trinajstić information content (AvgIpc) is 3.28. The number of rotatable bonds is 8. The molecule has 0 N–H and O–H groups in total. The minimum absolute atomic E-state index is 0.0542. The second kappa shape index (κ2) is 13.5. The molecule has 0 aliphatic carbocycles. The number of thiazole rings is 1. The lowest BCUT2D eigenvalue weighted by atomic mass is 9.91. The number of aromatic nitrogens is 1. The molecule has 1 atom stereocenters. The van der Waals surface area contributed by atoms with Crippen molar-refractivity contribution in [3.63, 3.8) is 0 Å². The second-order valence-electron chi connectivity index (χ2n) is 10.7. The zero-order valence-corrected chi connectivity index (χ0v) is 29.7. The molecule has 6 nitrogen and oxygen atoms in total. The molecule has 4 aromatic rings. The first-order valence-electron chi connectivity index (χ1n) is 14.1. The number of carbonyl (C=O) groups is 1. The maximum absolute atomic E-state index is 14.2. The third-order valence-electron chi connectivity index (χ3n) is 6.96. The third-order valence-corrected chi connectivity index (χ3v) is 9.55. The van der Waals surface area contributed by atoms with E-state index in [1.165, 1.54) is 16.9 Å². The minimum atomic E-state index is -0.698. The van der Waals surface area contributed by atoms with E-state index in [4.69, 9.17) is 14.5 Å². The van der Waals surface area contributed by atoms with Crippen LogP contribution in [0.3, 0.4) is 0 Å². The maximum atomic E-state index is 14.2. The van der Waals surface area contributed by atoms with Crippen molar-refractivity contribution in [1.29, 1.82) is 0 Å². The molecule has 0 saturated carbocycles. The van der Waals surface area contributed by atoms with Gasteiger partial charge in [0.05, 0.1) is 41.7 Å². The van der Waals surface area contributed by atoms with Crippen molar-refractivity contribution in [2.45, 2.75) is 52.7 Å². The molecule has 1 aliphatic heterocycles. The van der Waals surface area contributed by atoms with Crippen LogP contribution >= 0.6 is 56.5 Å². The number of hydrogen-bond acceptors (Lipinski definition) is 6. The topological polar surface area (TPSA) is 69.9 Å². The van der Waals surface area contributed by atoms with Crippen molar-refractivity contribution in [2.75, 3.05) is 6.61 Å². The molecule has 3 aromatic carbocycles. The normalized spacial score (nSPS) is 15.1. The highest BCUT2D eigenvalue weighted by atomic mass is 127. The Hall–Kier alpha value is -2.77. The molecule has 43 heavy (non-hydrogen) atoms. The maximum Gasteiger partial charge on any atom is 0.338 e. The Labute approximate surface area is 282 Å². The molecular weight excluding hydrogens is 786 g/mol. The number of esters is 1. The van der Waals surface area contributed by atoms with Crippen LogP contribution in [0.1, 0.15) is 68.8 Å². The van der Waals surface area contributed by atoms with E-state index in [2.05, 4.69) is 71.2 Å². The van der Waals surface area contributed by atoms with E-state index in [9.17, 15) is 9.59 Å². The highest BCUT2D eigenvalue weighted by molar-refractivity contribution is 14.1. The van der Waals surface area contributed by atoms with Gasteiger partial charge in [0.15, 0.2) is 4.80 Å². The number of benzene rings is 3. The summed E-state index contributed by atoms with van der Waals surface area (Å²) in [7, 11) is 0. The van der Waals surface area contributed by atoms with Crippen LogP contribution < -0.4 is 19.6 Å². The van der Waals surface area contributed by atoms with E-state index in [1.807, 2.05) is 74.5 Å². The summed E-state index contributed by atoms with van der Waals surface area (Å²) in [6, 6.07) is 21.1. The lowest BCUT2D eigenvalue weighted by molar-refractivity contribution is -0.138. The lowest BCUT2D eigenvalue weighted by Crippen LogP contribution is -2.40. The van der Waals surface area contributed by atoms with Crippen LogP contribution in [0, 0.1) is 7.14 Å². The minimum Gasteiger partial charge on any atom is -0.489 e. The van der Waals surface area contributed by atoms with E-state index in [-0.39, 0.29) is 18.3 Å². The number of halogens is 2. The molecule has 222 valence electrons. The van der Waals surface area contributed by atoms with Crippen LogP contribution in [0.15, 0.2) is 82.1 Å². The number of hydrogen-bond donors (Lipinski definition) is 0. The summed E-state index contributed by atoms with van der Waals surface area (Å²) >= 11 is 5.86. The molecule has 9 heteroatoms. The highest BCUT2D eigenvalue weighted by Gasteiger charge is 2.35. The zero-order chi connectivity index (χ0) is 30.8. The standard InChI is InChI=1S/C34H32I2N2O4S/c1-6-41-33(40)28-29(23-10-8-7-9-11-23)37-34-38(30(28)24-14-12-22(13-15-24)19(2)3)32(39)27(43-34)18-21-16-25(35)31(26(36)17-21)42-20(4)5/h7-20,30H,6H2,1-5H3/b27-18-/t30-/m0/s1. The van der Waals surface area contributed by atoms with Gasteiger partial charge < -0.3 is 9.47 Å². The predicted molar refractivity (Wildman–Crippen MR) is 189 cm³/mol. The Bertz CT molecular complexity index is 1850. The zero-order valence-electron chi connectivity index (χ0n) is 24.6. The predicted octanol–water partition coefficient (Wildman–Crippen LogP) is 7.06. The fraction of sp³-hybridized carbons (Fsp3) is 0.265. The van der Waals surface area contributed by atoms with Crippen molar-refractivity contribution in [2.24, 2.45) is 4.99 Å². The summed E-state index contributed by atoms with van der Waals surface area (Å²) in [5.74, 6) is 0.701. The summed E-state index contributed by atoms with van der Waals surface area (Å²) in [5, 5.41) is 0. The SMILES string of the molecule is CCOC(=O)C1=C(c2ccccc2)N=c2s/c(=C\c3cc(I)c(OC(C)C)c(I)c3)c(=O)n2[C@H]1c1ccc(C(C)C)cc1. The van der Waals surface area contributed by atoms with Gasteiger partial charge in [-0.15, -0.1) is 0 Å². The van der Waals surface area contributed by atoms with Gasteiger partial charge in [-0.25, -0.2) is 9.79 Å². The summed E-state index contributed by atoms with van der Waals surface area (Å²) in [4.78, 5) is 33.4. The Kier molecular flexibility index (Phi) is 9.92. The number of carbonyl (C=O) groups excluding carboxylic acids is 1. The van der Waals surface area contributed by atoms with Crippen molar-refractivity contribution in [3.05, 3.63) is 121 Å². The molecule has 0 spiro atoms. The molecule has 1 aliphatic rings. The van der Waals surface area contributed by atoms with Gasteiger partial charge in [-0.1, -0.05) is 79.8 Å². The Morgan fingerprint density at radius 2 is 1.67 bits per heavy atom. The van der Waals surface area contributed by atoms with Gasteiger partial charge in [-0.05, 0) is 107 Å². The fourth-order valence-electron chi connectivity index (χ4n) is 4.98. The van der Waals surface area contributed by atoms with E-state index in [0.29, 0.717) is 26.5 Å². The van der Waals surface area contributed by atoms with Crippen molar-refractivity contribution < 1.29 is 14.3 Å². The number of ether oxygens (including phenoxy) is 2. The summed E-state index contributed by atoms with van der Waals surface area (Å²) < 4.78 is 15.7. The largest absolute Gasteiger partial charge is 0.489 e. The average molecular weight is 819 g/mol. The fourth-order valence-corrected chi connectivity index (χ4v) is 8.05. The second-order valence-corrected chi connectivity index (χ2v) is 14.1. The number of nitrogens with zero attached hydrogens (tertiary/aromatic N) is 2. The van der Waals surface area contributed by atoms with Crippen LogP contribution in [-0.2, 0) is 9.53 Å². The van der Waals surface area contributed by atoms with Gasteiger partial charge >= 0.3 is 5.97 Å². The lowest BCUT2D eigenvalue weighted by Gasteiger charge is -2.26. The van der Waals surface area contributed by atoms with Crippen LogP contribution in [0.2, 0.25) is 0 Å². The molecular formula is C34H32I2N2O4S. The van der Waals surface area contributed by atoms with Gasteiger partial charge in [-0.2, -0.15) is 0 Å². The van der Waals surface area contributed by atoms with Crippen LogP contribution in [0.25, 0.3) is 11.8 Å². The van der Waals surface area contributed by atoms with Gasteiger partial charge in [0.2, 0.25) is 0 Å². The summed E-state index contributed by atoms with van der Waals surface area (Å²) in [6.07, 6.45) is 1.95. The summed E-state index contributed by atoms with van der Waals surface area (Å²) in [5.41, 5.74) is 4.34. The van der Waals surface area contributed by atoms with Crippen LogP contribution in [0.5, 0.6) is 5.75 Å².